The summed E-state index contributed by atoms with van der Waals surface area (Å²) < 4.78 is 5.42. The van der Waals surface area contributed by atoms with Crippen molar-refractivity contribution in [3.63, 3.8) is 0 Å². The molecule has 0 radical (unpaired) electrons. The fraction of sp³-hybridized carbons (Fsp3) is 0.611. The summed E-state index contributed by atoms with van der Waals surface area (Å²) in [5.41, 5.74) is 1.17. The Labute approximate surface area is 133 Å². The van der Waals surface area contributed by atoms with E-state index in [9.17, 15) is 0 Å². The summed E-state index contributed by atoms with van der Waals surface area (Å²) in [5.74, 6) is 3.71. The lowest BCUT2D eigenvalue weighted by molar-refractivity contribution is 0.299. The summed E-state index contributed by atoms with van der Waals surface area (Å²) in [6, 6.07) is 8.15. The van der Waals surface area contributed by atoms with Crippen LogP contribution >= 0.6 is 0 Å². The first-order chi connectivity index (χ1) is 10.8. The molecule has 1 heterocycles. The van der Waals surface area contributed by atoms with Crippen LogP contribution < -0.4 is 10.1 Å². The largest absolute Gasteiger partial charge is 0.496 e. The monoisotopic (exact) mass is 301 g/mol. The molecule has 4 heteroatoms. The van der Waals surface area contributed by atoms with Gasteiger partial charge in [0.05, 0.1) is 7.11 Å². The number of rotatable bonds is 3. The van der Waals surface area contributed by atoms with Gasteiger partial charge in [-0.3, -0.25) is 4.99 Å². The van der Waals surface area contributed by atoms with Gasteiger partial charge in [-0.1, -0.05) is 31.0 Å². The highest BCUT2D eigenvalue weighted by atomic mass is 16.5. The molecule has 1 N–H and O–H groups in total. The third-order valence-electron chi connectivity index (χ3n) is 5.12. The third kappa shape index (κ3) is 3.21. The molecule has 3 rings (SSSR count). The number of hydrogen-bond acceptors (Lipinski definition) is 2. The normalized spacial score (nSPS) is 25.0. The number of guanidine groups is 1. The minimum Gasteiger partial charge on any atom is -0.496 e. The lowest BCUT2D eigenvalue weighted by Gasteiger charge is -2.22. The predicted octanol–water partition coefficient (Wildman–Crippen LogP) is 2.89. The van der Waals surface area contributed by atoms with Gasteiger partial charge in [-0.25, -0.2) is 0 Å². The molecule has 4 nitrogen and oxygen atoms in total. The molecule has 22 heavy (non-hydrogen) atoms. The fourth-order valence-electron chi connectivity index (χ4n) is 3.93. The second-order valence-electron chi connectivity index (χ2n) is 6.42. The Kier molecular flexibility index (Phi) is 4.86. The molecule has 0 spiro atoms. The fourth-order valence-corrected chi connectivity index (χ4v) is 3.93. The molecule has 0 bridgehead atoms. The summed E-state index contributed by atoms with van der Waals surface area (Å²) in [6.07, 6.45) is 5.60. The maximum Gasteiger partial charge on any atom is 0.193 e. The van der Waals surface area contributed by atoms with Crippen LogP contribution in [0.2, 0.25) is 0 Å². The van der Waals surface area contributed by atoms with Crippen molar-refractivity contribution >= 4 is 5.96 Å². The molecule has 1 aliphatic carbocycles. The van der Waals surface area contributed by atoms with Crippen LogP contribution in [0.1, 0.15) is 31.2 Å². The second-order valence-corrected chi connectivity index (χ2v) is 6.42. The van der Waals surface area contributed by atoms with Gasteiger partial charge < -0.3 is 15.0 Å². The molecule has 120 valence electrons. The van der Waals surface area contributed by atoms with Crippen LogP contribution in [0.5, 0.6) is 5.75 Å². The maximum absolute atomic E-state index is 5.42. The molecule has 1 aromatic carbocycles. The van der Waals surface area contributed by atoms with Crippen molar-refractivity contribution in [3.05, 3.63) is 29.8 Å². The third-order valence-corrected chi connectivity index (χ3v) is 5.12. The SMILES string of the molecule is CN=C(NCc1ccccc1OC)N1CC2CCCCC2C1. The van der Waals surface area contributed by atoms with Gasteiger partial charge in [-0.05, 0) is 30.7 Å². The summed E-state index contributed by atoms with van der Waals surface area (Å²) in [4.78, 5) is 6.93. The van der Waals surface area contributed by atoms with E-state index >= 15 is 0 Å². The molecule has 1 aliphatic heterocycles. The molecule has 1 saturated heterocycles. The van der Waals surface area contributed by atoms with E-state index in [2.05, 4.69) is 21.3 Å². The topological polar surface area (TPSA) is 36.9 Å². The number of hydrogen-bond donors (Lipinski definition) is 1. The van der Waals surface area contributed by atoms with Crippen LogP contribution in [-0.2, 0) is 6.54 Å². The average molecular weight is 301 g/mol. The quantitative estimate of drug-likeness (QED) is 0.689. The lowest BCUT2D eigenvalue weighted by atomic mass is 9.82. The van der Waals surface area contributed by atoms with Gasteiger partial charge in [0.1, 0.15) is 5.75 Å². The van der Waals surface area contributed by atoms with E-state index in [1.807, 2.05) is 25.2 Å². The van der Waals surface area contributed by atoms with Gasteiger partial charge in [0, 0.05) is 32.2 Å². The molecule has 2 unspecified atom stereocenters. The van der Waals surface area contributed by atoms with Gasteiger partial charge in [0.25, 0.3) is 0 Å². The summed E-state index contributed by atoms with van der Waals surface area (Å²) in [6.45, 7) is 3.08. The van der Waals surface area contributed by atoms with Crippen LogP contribution in [0.3, 0.4) is 0 Å². The number of nitrogens with one attached hydrogen (secondary N) is 1. The van der Waals surface area contributed by atoms with Crippen LogP contribution in [-0.4, -0.2) is 38.1 Å². The number of nitrogens with zero attached hydrogens (tertiary/aromatic N) is 2. The van der Waals surface area contributed by atoms with Crippen molar-refractivity contribution in [2.45, 2.75) is 32.2 Å². The van der Waals surface area contributed by atoms with Gasteiger partial charge in [-0.2, -0.15) is 0 Å². The van der Waals surface area contributed by atoms with Gasteiger partial charge >= 0.3 is 0 Å². The zero-order valence-electron chi connectivity index (χ0n) is 13.7. The van der Waals surface area contributed by atoms with Crippen LogP contribution in [0, 0.1) is 11.8 Å². The second kappa shape index (κ2) is 7.03. The Bertz CT molecular complexity index is 515. The number of likely N-dealkylation sites (tertiary alicyclic amines) is 1. The number of ether oxygens (including phenoxy) is 1. The number of methoxy groups -OCH3 is 1. The van der Waals surface area contributed by atoms with Crippen molar-refractivity contribution in [1.82, 2.24) is 10.2 Å². The van der Waals surface area contributed by atoms with Crippen molar-refractivity contribution < 1.29 is 4.74 Å². The summed E-state index contributed by atoms with van der Waals surface area (Å²) in [7, 11) is 3.60. The zero-order valence-corrected chi connectivity index (χ0v) is 13.7. The first-order valence-electron chi connectivity index (χ1n) is 8.39. The highest BCUT2D eigenvalue weighted by Gasteiger charge is 2.35. The Morgan fingerprint density at radius 1 is 1.23 bits per heavy atom. The smallest absolute Gasteiger partial charge is 0.193 e. The molecule has 0 aromatic heterocycles. The summed E-state index contributed by atoms with van der Waals surface area (Å²) in [5, 5.41) is 3.51. The average Bonchev–Trinajstić information content (AvgIpc) is 2.99. The molecule has 2 atom stereocenters. The van der Waals surface area contributed by atoms with E-state index in [1.165, 1.54) is 31.2 Å². The first kappa shape index (κ1) is 15.2. The zero-order chi connectivity index (χ0) is 15.4. The van der Waals surface area contributed by atoms with Crippen molar-refractivity contribution in [2.75, 3.05) is 27.2 Å². The van der Waals surface area contributed by atoms with Gasteiger partial charge in [0.2, 0.25) is 0 Å². The standard InChI is InChI=1S/C18H27N3O/c1-19-18(20-11-14-7-5-6-10-17(14)22-2)21-12-15-8-3-4-9-16(15)13-21/h5-7,10,15-16H,3-4,8-9,11-13H2,1-2H3,(H,19,20). The van der Waals surface area contributed by atoms with Crippen LogP contribution in [0.4, 0.5) is 0 Å². The minimum absolute atomic E-state index is 0.753. The summed E-state index contributed by atoms with van der Waals surface area (Å²) >= 11 is 0. The van der Waals surface area contributed by atoms with Crippen molar-refractivity contribution in [2.24, 2.45) is 16.8 Å². The maximum atomic E-state index is 5.42. The molecule has 2 fully saturated rings. The molecular formula is C18H27N3O. The van der Waals surface area contributed by atoms with E-state index in [0.29, 0.717) is 0 Å². The number of para-hydroxylation sites is 1. The predicted molar refractivity (Wildman–Crippen MR) is 90.2 cm³/mol. The molecule has 1 aromatic rings. The van der Waals surface area contributed by atoms with Gasteiger partial charge in [-0.15, -0.1) is 0 Å². The first-order valence-corrected chi connectivity index (χ1v) is 8.39. The van der Waals surface area contributed by atoms with Crippen molar-refractivity contribution in [1.29, 1.82) is 0 Å². The van der Waals surface area contributed by atoms with E-state index in [-0.39, 0.29) is 0 Å². The lowest BCUT2D eigenvalue weighted by Crippen LogP contribution is -2.39. The van der Waals surface area contributed by atoms with E-state index < -0.39 is 0 Å². The number of fused-ring (bicyclic) bond motifs is 1. The van der Waals surface area contributed by atoms with Crippen LogP contribution in [0.15, 0.2) is 29.3 Å². The van der Waals surface area contributed by atoms with E-state index in [1.54, 1.807) is 7.11 Å². The van der Waals surface area contributed by atoms with Crippen LogP contribution in [0.25, 0.3) is 0 Å². The Balaban J connectivity index is 1.61. The molecule has 0 amide bonds. The minimum atomic E-state index is 0.753. The molecule has 1 saturated carbocycles. The Morgan fingerprint density at radius 3 is 2.55 bits per heavy atom. The molecular weight excluding hydrogens is 274 g/mol. The van der Waals surface area contributed by atoms with E-state index in [4.69, 9.17) is 4.74 Å². The highest BCUT2D eigenvalue weighted by Crippen LogP contribution is 2.35. The van der Waals surface area contributed by atoms with E-state index in [0.717, 1.165) is 43.2 Å². The number of aliphatic imine (C=N–C) groups is 1. The van der Waals surface area contributed by atoms with Crippen molar-refractivity contribution in [3.8, 4) is 5.75 Å². The van der Waals surface area contributed by atoms with Gasteiger partial charge in [0.15, 0.2) is 5.96 Å². The highest BCUT2D eigenvalue weighted by molar-refractivity contribution is 5.80. The Morgan fingerprint density at radius 2 is 1.91 bits per heavy atom. The Hall–Kier alpha value is -1.71. The molecule has 2 aliphatic rings. The number of benzene rings is 1.